The highest BCUT2D eigenvalue weighted by Gasteiger charge is 2.23. The van der Waals surface area contributed by atoms with Gasteiger partial charge in [0.25, 0.3) is 0 Å². The molecular weight excluding hydrogens is 272 g/mol. The zero-order chi connectivity index (χ0) is 14.6. The van der Waals surface area contributed by atoms with Crippen LogP contribution in [0.15, 0.2) is 40.8 Å². The van der Waals surface area contributed by atoms with E-state index in [9.17, 15) is 0 Å². The summed E-state index contributed by atoms with van der Waals surface area (Å²) >= 11 is 1.66. The van der Waals surface area contributed by atoms with Crippen molar-refractivity contribution in [3.63, 3.8) is 0 Å². The first-order valence-electron chi connectivity index (χ1n) is 6.35. The summed E-state index contributed by atoms with van der Waals surface area (Å²) in [5.41, 5.74) is 6.30. The highest BCUT2D eigenvalue weighted by molar-refractivity contribution is 7.99. The van der Waals surface area contributed by atoms with Crippen molar-refractivity contribution in [2.24, 2.45) is 16.3 Å². The van der Waals surface area contributed by atoms with Crippen molar-refractivity contribution >= 4 is 28.5 Å². The summed E-state index contributed by atoms with van der Waals surface area (Å²) in [7, 11) is 0. The Morgan fingerprint density at radius 2 is 2.10 bits per heavy atom. The molecule has 1 heterocycles. The molecule has 0 amide bonds. The van der Waals surface area contributed by atoms with Crippen molar-refractivity contribution in [2.45, 2.75) is 25.3 Å². The van der Waals surface area contributed by atoms with Crippen molar-refractivity contribution in [2.75, 3.05) is 5.75 Å². The highest BCUT2D eigenvalue weighted by Crippen LogP contribution is 2.29. The molecule has 0 radical (unpaired) electrons. The summed E-state index contributed by atoms with van der Waals surface area (Å²) in [4.78, 5) is 8.58. The third-order valence-corrected chi connectivity index (χ3v) is 4.28. The van der Waals surface area contributed by atoms with E-state index in [1.165, 1.54) is 0 Å². The van der Waals surface area contributed by atoms with E-state index >= 15 is 0 Å². The lowest BCUT2D eigenvalue weighted by molar-refractivity contribution is 0.307. The van der Waals surface area contributed by atoms with E-state index in [4.69, 9.17) is 10.9 Å². The summed E-state index contributed by atoms with van der Waals surface area (Å²) in [6.07, 6.45) is 2.38. The van der Waals surface area contributed by atoms with Crippen LogP contribution in [0.2, 0.25) is 0 Å². The zero-order valence-electron chi connectivity index (χ0n) is 11.6. The number of benzene rings is 1. The van der Waals surface area contributed by atoms with Crippen LogP contribution in [0.4, 0.5) is 0 Å². The van der Waals surface area contributed by atoms with Gasteiger partial charge in [0.1, 0.15) is 17.2 Å². The molecule has 0 atom stereocenters. The summed E-state index contributed by atoms with van der Waals surface area (Å²) in [5, 5.41) is 13.9. The normalized spacial score (nSPS) is 12.8. The van der Waals surface area contributed by atoms with E-state index in [0.29, 0.717) is 0 Å². The largest absolute Gasteiger partial charge is 0.409 e. The number of nitrogens with zero attached hydrogens (tertiary/aromatic N) is 3. The van der Waals surface area contributed by atoms with Gasteiger partial charge in [-0.05, 0) is 12.5 Å². The number of thioether (sulfide) groups is 1. The zero-order valence-corrected chi connectivity index (χ0v) is 12.4. The molecule has 0 spiro atoms. The number of para-hydroxylation sites is 1. The van der Waals surface area contributed by atoms with Gasteiger partial charge in [0.05, 0.1) is 5.52 Å². The topological polar surface area (TPSA) is 84.4 Å². The third kappa shape index (κ3) is 3.19. The van der Waals surface area contributed by atoms with Crippen LogP contribution in [0.1, 0.15) is 20.3 Å². The first-order chi connectivity index (χ1) is 9.54. The first kappa shape index (κ1) is 14.6. The number of nitrogens with two attached hydrogens (primary N) is 1. The van der Waals surface area contributed by atoms with Crippen LogP contribution < -0.4 is 5.73 Å². The van der Waals surface area contributed by atoms with Crippen LogP contribution >= 0.6 is 11.8 Å². The number of amidine groups is 1. The van der Waals surface area contributed by atoms with Gasteiger partial charge in [0.2, 0.25) is 0 Å². The van der Waals surface area contributed by atoms with Crippen LogP contribution in [0.5, 0.6) is 0 Å². The van der Waals surface area contributed by atoms with Gasteiger partial charge in [0, 0.05) is 16.6 Å². The molecule has 0 aliphatic rings. The van der Waals surface area contributed by atoms with Crippen molar-refractivity contribution < 1.29 is 5.21 Å². The number of aromatic nitrogens is 2. The molecule has 6 heteroatoms. The van der Waals surface area contributed by atoms with Crippen molar-refractivity contribution in [3.8, 4) is 0 Å². The minimum absolute atomic E-state index is 0.255. The maximum atomic E-state index is 8.76. The maximum absolute atomic E-state index is 8.76. The maximum Gasteiger partial charge on any atom is 0.144 e. The fourth-order valence-corrected chi connectivity index (χ4v) is 3.02. The molecule has 0 fully saturated rings. The Kier molecular flexibility index (Phi) is 4.44. The fraction of sp³-hybridized carbons (Fsp3) is 0.357. The second-order valence-corrected chi connectivity index (χ2v) is 6.25. The van der Waals surface area contributed by atoms with Crippen molar-refractivity contribution in [1.29, 1.82) is 0 Å². The van der Waals surface area contributed by atoms with Crippen LogP contribution in [-0.2, 0) is 0 Å². The predicted molar refractivity (Wildman–Crippen MR) is 82.1 cm³/mol. The van der Waals surface area contributed by atoms with Crippen LogP contribution in [0.3, 0.4) is 0 Å². The molecule has 0 aliphatic heterocycles. The lowest BCUT2D eigenvalue weighted by Gasteiger charge is -2.22. The fourth-order valence-electron chi connectivity index (χ4n) is 1.76. The Morgan fingerprint density at radius 3 is 2.85 bits per heavy atom. The Bertz CT molecular complexity index is 622. The van der Waals surface area contributed by atoms with Crippen molar-refractivity contribution in [1.82, 2.24) is 9.97 Å². The van der Waals surface area contributed by atoms with Gasteiger partial charge in [-0.2, -0.15) is 0 Å². The molecular formula is C14H18N4OS. The second kappa shape index (κ2) is 6.09. The number of oxime groups is 1. The van der Waals surface area contributed by atoms with E-state index in [0.717, 1.165) is 28.1 Å². The van der Waals surface area contributed by atoms with Gasteiger partial charge in [-0.1, -0.05) is 37.2 Å². The molecule has 0 aliphatic carbocycles. The number of fused-ring (bicyclic) bond motifs is 1. The molecule has 1 aromatic carbocycles. The Balaban J connectivity index is 2.07. The Hall–Kier alpha value is -1.82. The minimum Gasteiger partial charge on any atom is -0.409 e. The van der Waals surface area contributed by atoms with Gasteiger partial charge >= 0.3 is 0 Å². The van der Waals surface area contributed by atoms with Gasteiger partial charge in [-0.15, -0.1) is 11.8 Å². The molecule has 1 aromatic heterocycles. The van der Waals surface area contributed by atoms with Gasteiger partial charge < -0.3 is 10.9 Å². The molecule has 20 heavy (non-hydrogen) atoms. The summed E-state index contributed by atoms with van der Waals surface area (Å²) < 4.78 is 0. The average molecular weight is 290 g/mol. The number of hydrogen-bond acceptors (Lipinski definition) is 5. The van der Waals surface area contributed by atoms with E-state index in [-0.39, 0.29) is 11.3 Å². The molecule has 3 N–H and O–H groups in total. The molecule has 0 unspecified atom stereocenters. The number of hydrogen-bond donors (Lipinski definition) is 2. The monoisotopic (exact) mass is 290 g/mol. The van der Waals surface area contributed by atoms with Gasteiger partial charge in [-0.3, -0.25) is 0 Å². The first-order valence-corrected chi connectivity index (χ1v) is 7.34. The molecule has 0 saturated heterocycles. The van der Waals surface area contributed by atoms with E-state index in [1.54, 1.807) is 18.1 Å². The molecule has 106 valence electrons. The summed E-state index contributed by atoms with van der Waals surface area (Å²) in [6, 6.07) is 7.94. The lowest BCUT2D eigenvalue weighted by atomic mass is 9.89. The highest BCUT2D eigenvalue weighted by atomic mass is 32.2. The van der Waals surface area contributed by atoms with Gasteiger partial charge in [0.15, 0.2) is 0 Å². The van der Waals surface area contributed by atoms with E-state index in [2.05, 4.69) is 15.1 Å². The third-order valence-electron chi connectivity index (χ3n) is 3.27. The van der Waals surface area contributed by atoms with Crippen molar-refractivity contribution in [3.05, 3.63) is 30.6 Å². The Morgan fingerprint density at radius 1 is 1.35 bits per heavy atom. The molecule has 2 rings (SSSR count). The summed E-state index contributed by atoms with van der Waals surface area (Å²) in [5.74, 6) is 1.09. The SMILES string of the molecule is CC(C)(CCSc1ncnc2ccccc12)C(N)=NO. The smallest absolute Gasteiger partial charge is 0.144 e. The van der Waals surface area contributed by atoms with Crippen LogP contribution in [0, 0.1) is 5.41 Å². The minimum atomic E-state index is -0.329. The molecule has 5 nitrogen and oxygen atoms in total. The van der Waals surface area contributed by atoms with Crippen LogP contribution in [-0.4, -0.2) is 26.8 Å². The molecule has 2 aromatic rings. The Labute approximate surface area is 122 Å². The van der Waals surface area contributed by atoms with Gasteiger partial charge in [-0.25, -0.2) is 9.97 Å². The summed E-state index contributed by atoms with van der Waals surface area (Å²) in [6.45, 7) is 3.92. The van der Waals surface area contributed by atoms with E-state index in [1.807, 2.05) is 38.1 Å². The number of rotatable bonds is 5. The molecule has 0 bridgehead atoms. The quantitative estimate of drug-likeness (QED) is 0.221. The van der Waals surface area contributed by atoms with Crippen LogP contribution in [0.25, 0.3) is 10.9 Å². The predicted octanol–water partition coefficient (Wildman–Crippen LogP) is 2.88. The average Bonchev–Trinajstić information content (AvgIpc) is 2.46. The second-order valence-electron chi connectivity index (χ2n) is 5.16. The van der Waals surface area contributed by atoms with E-state index < -0.39 is 0 Å². The standard InChI is InChI=1S/C14H18N4OS/c1-14(2,13(15)18-19)7-8-20-12-10-5-3-4-6-11(10)16-9-17-12/h3-6,9,19H,7-8H2,1-2H3,(H2,15,18). The molecule has 0 saturated carbocycles. The lowest BCUT2D eigenvalue weighted by Crippen LogP contribution is -2.32.